The summed E-state index contributed by atoms with van der Waals surface area (Å²) in [6.07, 6.45) is 3.00. The number of hydrogen-bond donors (Lipinski definition) is 4. The molecule has 5 nitrogen and oxygen atoms in total. The largest absolute Gasteiger partial charge is 0.465 e. The van der Waals surface area contributed by atoms with E-state index < -0.39 is 6.09 Å². The van der Waals surface area contributed by atoms with E-state index in [9.17, 15) is 4.79 Å². The van der Waals surface area contributed by atoms with Crippen LogP contribution in [-0.2, 0) is 0 Å². The van der Waals surface area contributed by atoms with E-state index in [1.807, 2.05) is 0 Å². The van der Waals surface area contributed by atoms with Gasteiger partial charge in [-0.2, -0.15) is 0 Å². The molecule has 0 radical (unpaired) electrons. The second-order valence-corrected chi connectivity index (χ2v) is 3.74. The van der Waals surface area contributed by atoms with Gasteiger partial charge in [-0.25, -0.2) is 4.79 Å². The van der Waals surface area contributed by atoms with E-state index in [1.54, 1.807) is 0 Å². The summed E-state index contributed by atoms with van der Waals surface area (Å²) < 4.78 is 0. The summed E-state index contributed by atoms with van der Waals surface area (Å²) in [7, 11) is 0. The summed E-state index contributed by atoms with van der Waals surface area (Å²) in [5.74, 6) is 0. The molecule has 0 aromatic heterocycles. The number of nitrogens with two attached hydrogens (primary N) is 1. The Hall–Kier alpha value is -0.810. The smallest absolute Gasteiger partial charge is 0.404 e. The standard InChI is InChI=1S/C9H19N3O2/c10-5-6-11-7-1-3-8(4-2-7)12-9(13)14/h7-8,11-12H,1-6,10H2,(H,13,14)/t7-,8-. The Kier molecular flexibility index (Phi) is 4.69. The molecule has 0 bridgehead atoms. The molecule has 0 atom stereocenters. The van der Waals surface area contributed by atoms with Crippen molar-refractivity contribution in [1.29, 1.82) is 0 Å². The van der Waals surface area contributed by atoms with Crippen LogP contribution in [0.5, 0.6) is 0 Å². The summed E-state index contributed by atoms with van der Waals surface area (Å²) in [5.41, 5.74) is 5.39. The third-order valence-electron chi connectivity index (χ3n) is 2.63. The molecule has 0 aliphatic heterocycles. The topological polar surface area (TPSA) is 87.4 Å². The molecule has 5 N–H and O–H groups in total. The molecule has 0 saturated heterocycles. The zero-order chi connectivity index (χ0) is 10.4. The molecule has 0 heterocycles. The third-order valence-corrected chi connectivity index (χ3v) is 2.63. The van der Waals surface area contributed by atoms with Crippen molar-refractivity contribution in [2.75, 3.05) is 13.1 Å². The van der Waals surface area contributed by atoms with Gasteiger partial charge >= 0.3 is 6.09 Å². The van der Waals surface area contributed by atoms with E-state index in [0.717, 1.165) is 32.2 Å². The molecule has 1 fully saturated rings. The molecule has 0 aromatic carbocycles. The van der Waals surface area contributed by atoms with E-state index in [-0.39, 0.29) is 6.04 Å². The molecule has 1 aliphatic rings. The van der Waals surface area contributed by atoms with E-state index >= 15 is 0 Å². The lowest BCUT2D eigenvalue weighted by molar-refractivity contribution is 0.184. The number of carboxylic acid groups (broad SMARTS) is 1. The maximum Gasteiger partial charge on any atom is 0.404 e. The lowest BCUT2D eigenvalue weighted by Gasteiger charge is -2.28. The number of nitrogens with one attached hydrogen (secondary N) is 2. The Morgan fingerprint density at radius 1 is 1.29 bits per heavy atom. The van der Waals surface area contributed by atoms with E-state index in [0.29, 0.717) is 12.6 Å². The Labute approximate surface area is 84.0 Å². The van der Waals surface area contributed by atoms with Crippen LogP contribution in [-0.4, -0.2) is 36.4 Å². The second kappa shape index (κ2) is 5.82. The van der Waals surface area contributed by atoms with Crippen LogP contribution < -0.4 is 16.4 Å². The summed E-state index contributed by atoms with van der Waals surface area (Å²) in [6, 6.07) is 0.661. The Bertz CT molecular complexity index is 179. The fourth-order valence-electron chi connectivity index (χ4n) is 1.90. The van der Waals surface area contributed by atoms with Gasteiger partial charge < -0.3 is 21.5 Å². The quantitative estimate of drug-likeness (QED) is 0.520. The minimum Gasteiger partial charge on any atom is -0.465 e. The van der Waals surface area contributed by atoms with Crippen LogP contribution in [0.25, 0.3) is 0 Å². The van der Waals surface area contributed by atoms with Gasteiger partial charge in [0, 0.05) is 25.2 Å². The highest BCUT2D eigenvalue weighted by atomic mass is 16.4. The van der Waals surface area contributed by atoms with Crippen LogP contribution >= 0.6 is 0 Å². The molecule has 0 aromatic rings. The van der Waals surface area contributed by atoms with Gasteiger partial charge in [0.1, 0.15) is 0 Å². The minimum atomic E-state index is -0.914. The van der Waals surface area contributed by atoms with Gasteiger partial charge in [-0.1, -0.05) is 0 Å². The molecule has 1 saturated carbocycles. The van der Waals surface area contributed by atoms with Gasteiger partial charge in [0.2, 0.25) is 0 Å². The van der Waals surface area contributed by atoms with Gasteiger partial charge in [0.25, 0.3) is 0 Å². The molecule has 0 unspecified atom stereocenters. The Morgan fingerprint density at radius 2 is 1.86 bits per heavy atom. The molecule has 1 amide bonds. The highest BCUT2D eigenvalue weighted by Gasteiger charge is 2.21. The van der Waals surface area contributed by atoms with Crippen molar-refractivity contribution in [3.8, 4) is 0 Å². The highest BCUT2D eigenvalue weighted by molar-refractivity contribution is 5.64. The maximum atomic E-state index is 10.4. The number of amides is 1. The number of carbonyl (C=O) groups is 1. The second-order valence-electron chi connectivity index (χ2n) is 3.74. The van der Waals surface area contributed by atoms with E-state index in [2.05, 4.69) is 10.6 Å². The lowest BCUT2D eigenvalue weighted by Crippen LogP contribution is -2.42. The molecule has 82 valence electrons. The van der Waals surface area contributed by atoms with E-state index in [4.69, 9.17) is 10.8 Å². The molecule has 1 aliphatic carbocycles. The molecule has 14 heavy (non-hydrogen) atoms. The van der Waals surface area contributed by atoms with Gasteiger partial charge in [0.15, 0.2) is 0 Å². The summed E-state index contributed by atoms with van der Waals surface area (Å²) >= 11 is 0. The van der Waals surface area contributed by atoms with Crippen LogP contribution in [0.4, 0.5) is 4.79 Å². The third kappa shape index (κ3) is 3.93. The van der Waals surface area contributed by atoms with Crippen molar-refractivity contribution in [3.05, 3.63) is 0 Å². The van der Waals surface area contributed by atoms with Crippen LogP contribution in [0.1, 0.15) is 25.7 Å². The average molecular weight is 201 g/mol. The van der Waals surface area contributed by atoms with Crippen molar-refractivity contribution in [2.24, 2.45) is 5.73 Å². The SMILES string of the molecule is NCCN[C@H]1CC[C@H](NC(=O)O)CC1. The minimum absolute atomic E-state index is 0.142. The van der Waals surface area contributed by atoms with Crippen molar-refractivity contribution in [3.63, 3.8) is 0 Å². The Morgan fingerprint density at radius 3 is 2.36 bits per heavy atom. The monoisotopic (exact) mass is 201 g/mol. The zero-order valence-electron chi connectivity index (χ0n) is 8.33. The first-order chi connectivity index (χ1) is 6.72. The van der Waals surface area contributed by atoms with Gasteiger partial charge in [0.05, 0.1) is 0 Å². The summed E-state index contributed by atoms with van der Waals surface area (Å²) in [4.78, 5) is 10.4. The van der Waals surface area contributed by atoms with Gasteiger partial charge in [-0.15, -0.1) is 0 Å². The molecule has 0 spiro atoms. The van der Waals surface area contributed by atoms with Gasteiger partial charge in [-0.3, -0.25) is 0 Å². The summed E-state index contributed by atoms with van der Waals surface area (Å²) in [6.45, 7) is 1.51. The van der Waals surface area contributed by atoms with Crippen molar-refractivity contribution >= 4 is 6.09 Å². The van der Waals surface area contributed by atoms with Gasteiger partial charge in [-0.05, 0) is 25.7 Å². The van der Waals surface area contributed by atoms with Crippen LogP contribution in [0.2, 0.25) is 0 Å². The van der Waals surface area contributed by atoms with E-state index in [1.165, 1.54) is 0 Å². The normalized spacial score (nSPS) is 27.2. The first-order valence-corrected chi connectivity index (χ1v) is 5.15. The molecule has 1 rings (SSSR count). The maximum absolute atomic E-state index is 10.4. The van der Waals surface area contributed by atoms with Crippen molar-refractivity contribution < 1.29 is 9.90 Å². The number of hydrogen-bond acceptors (Lipinski definition) is 3. The first kappa shape index (κ1) is 11.3. The predicted molar refractivity (Wildman–Crippen MR) is 54.3 cm³/mol. The average Bonchev–Trinajstić information content (AvgIpc) is 2.16. The zero-order valence-corrected chi connectivity index (χ0v) is 8.33. The lowest BCUT2D eigenvalue weighted by atomic mass is 9.91. The van der Waals surface area contributed by atoms with Crippen LogP contribution in [0, 0.1) is 0 Å². The van der Waals surface area contributed by atoms with Crippen LogP contribution in [0.15, 0.2) is 0 Å². The van der Waals surface area contributed by atoms with Crippen LogP contribution in [0.3, 0.4) is 0 Å². The first-order valence-electron chi connectivity index (χ1n) is 5.15. The highest BCUT2D eigenvalue weighted by Crippen LogP contribution is 2.18. The fourth-order valence-corrected chi connectivity index (χ4v) is 1.90. The molecule has 5 heteroatoms. The molecular formula is C9H19N3O2. The Balaban J connectivity index is 2.14. The summed E-state index contributed by atoms with van der Waals surface area (Å²) in [5, 5.41) is 14.4. The van der Waals surface area contributed by atoms with Crippen molar-refractivity contribution in [2.45, 2.75) is 37.8 Å². The van der Waals surface area contributed by atoms with Crippen molar-refractivity contribution in [1.82, 2.24) is 10.6 Å². The fraction of sp³-hybridized carbons (Fsp3) is 0.889. The number of rotatable bonds is 4. The predicted octanol–water partition coefficient (Wildman–Crippen LogP) is 0.114. The molecular weight excluding hydrogens is 182 g/mol.